The Hall–Kier alpha value is -3.14. The van der Waals surface area contributed by atoms with E-state index in [2.05, 4.69) is 22.9 Å². The third kappa shape index (κ3) is 18.8. The number of rotatable bonds is 17. The molecule has 0 unspecified atom stereocenters. The van der Waals surface area contributed by atoms with E-state index in [0.717, 1.165) is 25.5 Å². The third-order valence-electron chi connectivity index (χ3n) is 6.57. The highest BCUT2D eigenvalue weighted by Crippen LogP contribution is 2.01. The van der Waals surface area contributed by atoms with Gasteiger partial charge in [-0.25, -0.2) is 0 Å². The van der Waals surface area contributed by atoms with Crippen LogP contribution >= 0.6 is 0 Å². The Morgan fingerprint density at radius 1 is 0.634 bits per heavy atom. The summed E-state index contributed by atoms with van der Waals surface area (Å²) in [5.74, 6) is -2.91. The van der Waals surface area contributed by atoms with E-state index in [4.69, 9.17) is 0 Å². The van der Waals surface area contributed by atoms with Crippen LogP contribution in [0.15, 0.2) is 0 Å². The highest BCUT2D eigenvalue weighted by atomic mass is 16.4. The van der Waals surface area contributed by atoms with Gasteiger partial charge in [0.1, 0.15) is 6.29 Å². The Labute approximate surface area is 241 Å². The van der Waals surface area contributed by atoms with E-state index in [1.165, 1.54) is 0 Å². The maximum Gasteiger partial charge on any atom is 0.317 e. The maximum atomic E-state index is 12.6. The van der Waals surface area contributed by atoms with Gasteiger partial charge in [0, 0.05) is 71.9 Å². The summed E-state index contributed by atoms with van der Waals surface area (Å²) in [6, 6.07) is 0. The Morgan fingerprint density at radius 3 is 1.61 bits per heavy atom. The van der Waals surface area contributed by atoms with Gasteiger partial charge >= 0.3 is 11.9 Å². The molecular weight excluding hydrogens is 538 g/mol. The summed E-state index contributed by atoms with van der Waals surface area (Å²) in [7, 11) is 0. The molecule has 0 radical (unpaired) electrons. The van der Waals surface area contributed by atoms with Gasteiger partial charge in [0.05, 0.1) is 32.7 Å². The van der Waals surface area contributed by atoms with Crippen LogP contribution in [0.5, 0.6) is 0 Å². The fourth-order valence-electron chi connectivity index (χ4n) is 4.23. The van der Waals surface area contributed by atoms with E-state index in [0.29, 0.717) is 58.9 Å². The number of unbranched alkanes of at least 4 members (excludes halogenated alkanes) is 2. The lowest BCUT2D eigenvalue weighted by atomic mass is 10.2. The highest BCUT2D eigenvalue weighted by molar-refractivity contribution is 5.85. The van der Waals surface area contributed by atoms with Crippen LogP contribution in [0.25, 0.3) is 0 Å². The van der Waals surface area contributed by atoms with Crippen molar-refractivity contribution in [1.29, 1.82) is 0 Å². The SMILES string of the molecule is CCCCCNC(=O)CNC(=O)CCNC(=O)CN1CCN(CC=O)CCN(CC(=O)O)CCN(CC(=O)O)CC1. The molecule has 3 amide bonds. The van der Waals surface area contributed by atoms with E-state index in [1.54, 1.807) is 9.80 Å². The van der Waals surface area contributed by atoms with E-state index < -0.39 is 11.9 Å². The summed E-state index contributed by atoms with van der Waals surface area (Å²) in [6.45, 7) is 5.50. The van der Waals surface area contributed by atoms with Gasteiger partial charge in [-0.3, -0.25) is 43.6 Å². The molecule has 1 aliphatic heterocycles. The normalized spacial score (nSPS) is 16.6. The molecule has 0 atom stereocenters. The standard InChI is InChI=1S/C26H47N7O8/c1-2-3-4-6-27-23(36)18-29-22(35)5-7-28-24(37)19-31-10-8-30(16-17-34)9-11-32(20-25(38)39)14-15-33(13-12-31)21-26(40)41/h17H,2-16,18-21H2,1H3,(H,27,36)(H,28,37)(H,29,35)(H,38,39)(H,40,41). The van der Waals surface area contributed by atoms with Crippen molar-refractivity contribution in [3.63, 3.8) is 0 Å². The Kier molecular flexibility index (Phi) is 18.9. The zero-order valence-electron chi connectivity index (χ0n) is 24.1. The number of aliphatic carboxylic acids is 2. The van der Waals surface area contributed by atoms with Crippen LogP contribution in [0, 0.1) is 0 Å². The molecule has 234 valence electrons. The van der Waals surface area contributed by atoms with Crippen LogP contribution in [0.2, 0.25) is 0 Å². The second kappa shape index (κ2) is 21.6. The van der Waals surface area contributed by atoms with Crippen molar-refractivity contribution in [2.45, 2.75) is 32.6 Å². The quantitative estimate of drug-likeness (QED) is 0.0892. The first kappa shape index (κ1) is 35.9. The largest absolute Gasteiger partial charge is 0.480 e. The minimum Gasteiger partial charge on any atom is -0.480 e. The van der Waals surface area contributed by atoms with Crippen LogP contribution in [0.3, 0.4) is 0 Å². The topological polar surface area (TPSA) is 192 Å². The first-order chi connectivity index (χ1) is 19.6. The summed E-state index contributed by atoms with van der Waals surface area (Å²) in [4.78, 5) is 77.5. The number of nitrogens with zero attached hydrogens (tertiary/aromatic N) is 4. The van der Waals surface area contributed by atoms with Crippen molar-refractivity contribution in [3.05, 3.63) is 0 Å². The van der Waals surface area contributed by atoms with E-state index in [-0.39, 0.29) is 63.4 Å². The number of carbonyl (C=O) groups is 6. The highest BCUT2D eigenvalue weighted by Gasteiger charge is 2.20. The molecule has 15 heteroatoms. The zero-order valence-corrected chi connectivity index (χ0v) is 24.1. The van der Waals surface area contributed by atoms with Gasteiger partial charge in [-0.05, 0) is 6.42 Å². The molecule has 0 spiro atoms. The summed E-state index contributed by atoms with van der Waals surface area (Å²) in [6.07, 6.45) is 3.75. The monoisotopic (exact) mass is 585 g/mol. The maximum absolute atomic E-state index is 12.6. The molecular formula is C26H47N7O8. The predicted octanol–water partition coefficient (Wildman–Crippen LogP) is -2.49. The smallest absolute Gasteiger partial charge is 0.317 e. The molecule has 15 nitrogen and oxygen atoms in total. The number of hydrogen-bond donors (Lipinski definition) is 5. The van der Waals surface area contributed by atoms with E-state index >= 15 is 0 Å². The number of hydrogen-bond acceptors (Lipinski definition) is 10. The number of carbonyl (C=O) groups excluding carboxylic acids is 4. The van der Waals surface area contributed by atoms with Crippen molar-refractivity contribution in [1.82, 2.24) is 35.6 Å². The number of nitrogens with one attached hydrogen (secondary N) is 3. The first-order valence-electron chi connectivity index (χ1n) is 14.2. The molecule has 0 saturated carbocycles. The molecule has 0 aromatic rings. The second-order valence-corrected chi connectivity index (χ2v) is 10.0. The van der Waals surface area contributed by atoms with E-state index in [1.807, 2.05) is 9.80 Å². The molecule has 1 fully saturated rings. The molecule has 1 rings (SSSR count). The average molecular weight is 586 g/mol. The van der Waals surface area contributed by atoms with Gasteiger partial charge in [-0.15, -0.1) is 0 Å². The van der Waals surface area contributed by atoms with Gasteiger partial charge < -0.3 is 31.0 Å². The number of carboxylic acid groups (broad SMARTS) is 2. The van der Waals surface area contributed by atoms with E-state index in [9.17, 15) is 39.0 Å². The van der Waals surface area contributed by atoms with Gasteiger partial charge in [-0.2, -0.15) is 0 Å². The lowest BCUT2D eigenvalue weighted by Gasteiger charge is -2.32. The van der Waals surface area contributed by atoms with Crippen LogP contribution in [0.4, 0.5) is 0 Å². The lowest BCUT2D eigenvalue weighted by molar-refractivity contribution is -0.140. The molecule has 1 saturated heterocycles. The minimum absolute atomic E-state index is 0.0151. The Balaban J connectivity index is 2.61. The van der Waals surface area contributed by atoms with Crippen molar-refractivity contribution < 1.29 is 39.0 Å². The van der Waals surface area contributed by atoms with Gasteiger partial charge in [0.25, 0.3) is 0 Å². The lowest BCUT2D eigenvalue weighted by Crippen LogP contribution is -2.49. The van der Waals surface area contributed by atoms with Crippen molar-refractivity contribution in [2.24, 2.45) is 0 Å². The van der Waals surface area contributed by atoms with Crippen molar-refractivity contribution >= 4 is 35.9 Å². The fraction of sp³-hybridized carbons (Fsp3) is 0.769. The third-order valence-corrected chi connectivity index (χ3v) is 6.57. The van der Waals surface area contributed by atoms with Gasteiger partial charge in [-0.1, -0.05) is 19.8 Å². The summed E-state index contributed by atoms with van der Waals surface area (Å²) in [5, 5.41) is 26.5. The second-order valence-electron chi connectivity index (χ2n) is 10.0. The molecule has 1 heterocycles. The number of aldehydes is 1. The Bertz CT molecular complexity index is 845. The average Bonchev–Trinajstić information content (AvgIpc) is 2.90. The van der Waals surface area contributed by atoms with Crippen LogP contribution in [-0.4, -0.2) is 164 Å². The minimum atomic E-state index is -1.00. The number of carboxylic acids is 2. The molecule has 0 aromatic heterocycles. The van der Waals surface area contributed by atoms with Crippen LogP contribution in [0.1, 0.15) is 32.6 Å². The zero-order chi connectivity index (χ0) is 30.5. The molecule has 41 heavy (non-hydrogen) atoms. The van der Waals surface area contributed by atoms with Gasteiger partial charge in [0.2, 0.25) is 17.7 Å². The molecule has 5 N–H and O–H groups in total. The summed E-state index contributed by atoms with van der Waals surface area (Å²) >= 11 is 0. The van der Waals surface area contributed by atoms with Gasteiger partial charge in [0.15, 0.2) is 0 Å². The molecule has 1 aliphatic rings. The fourth-order valence-corrected chi connectivity index (χ4v) is 4.23. The van der Waals surface area contributed by atoms with Crippen molar-refractivity contribution in [3.8, 4) is 0 Å². The van der Waals surface area contributed by atoms with Crippen molar-refractivity contribution in [2.75, 3.05) is 98.2 Å². The van der Waals surface area contributed by atoms with Crippen LogP contribution in [-0.2, 0) is 28.8 Å². The van der Waals surface area contributed by atoms with Crippen LogP contribution < -0.4 is 16.0 Å². The molecule has 0 aromatic carbocycles. The molecule has 0 bridgehead atoms. The molecule has 0 aliphatic carbocycles. The summed E-state index contributed by atoms with van der Waals surface area (Å²) < 4.78 is 0. The predicted molar refractivity (Wildman–Crippen MR) is 150 cm³/mol. The number of amides is 3. The first-order valence-corrected chi connectivity index (χ1v) is 14.2. The Morgan fingerprint density at radius 2 is 1.12 bits per heavy atom. The summed E-state index contributed by atoms with van der Waals surface area (Å²) in [5.41, 5.74) is 0.